The third-order valence-corrected chi connectivity index (χ3v) is 7.46. The van der Waals surface area contributed by atoms with E-state index in [1.165, 1.54) is 6.08 Å². The summed E-state index contributed by atoms with van der Waals surface area (Å²) in [4.78, 5) is 38.6. The zero-order valence-electron chi connectivity index (χ0n) is 18.3. The zero-order valence-corrected chi connectivity index (χ0v) is 23.5. The molecule has 1 N–H and O–H groups in total. The predicted octanol–water partition coefficient (Wildman–Crippen LogP) is 7.51. The van der Waals surface area contributed by atoms with E-state index in [0.29, 0.717) is 22.0 Å². The first-order valence-electron chi connectivity index (χ1n) is 10.4. The van der Waals surface area contributed by atoms with Gasteiger partial charge in [-0.15, -0.1) is 0 Å². The molecule has 11 heteroatoms. The van der Waals surface area contributed by atoms with Gasteiger partial charge < -0.3 is 10.1 Å². The van der Waals surface area contributed by atoms with Gasteiger partial charge in [0.25, 0.3) is 11.1 Å². The molecule has 0 aromatic heterocycles. The Morgan fingerprint density at radius 3 is 2.33 bits per heavy atom. The van der Waals surface area contributed by atoms with Crippen molar-refractivity contribution in [3.05, 3.63) is 95.3 Å². The molecule has 0 unspecified atom stereocenters. The Labute approximate surface area is 240 Å². The number of amides is 3. The number of imide groups is 1. The van der Waals surface area contributed by atoms with Gasteiger partial charge in [0.2, 0.25) is 5.91 Å². The van der Waals surface area contributed by atoms with Crippen molar-refractivity contribution < 1.29 is 19.1 Å². The minimum Gasteiger partial charge on any atom is -0.486 e. The molecular formula is C25H16Cl3IN2O4S. The molecule has 1 heterocycles. The highest BCUT2D eigenvalue weighted by Crippen LogP contribution is 2.38. The van der Waals surface area contributed by atoms with Gasteiger partial charge in [-0.1, -0.05) is 59.1 Å². The van der Waals surface area contributed by atoms with Crippen molar-refractivity contribution in [1.29, 1.82) is 0 Å². The van der Waals surface area contributed by atoms with E-state index in [-0.39, 0.29) is 21.6 Å². The lowest BCUT2D eigenvalue weighted by atomic mass is 10.2. The zero-order chi connectivity index (χ0) is 25.8. The normalized spacial score (nSPS) is 14.4. The first kappa shape index (κ1) is 26.8. The highest BCUT2D eigenvalue weighted by Gasteiger charge is 2.36. The van der Waals surface area contributed by atoms with E-state index in [2.05, 4.69) is 27.9 Å². The number of hydrogen-bond donors (Lipinski definition) is 1. The number of carbonyl (C=O) groups is 3. The second-order valence-electron chi connectivity index (χ2n) is 7.52. The fourth-order valence-electron chi connectivity index (χ4n) is 3.22. The van der Waals surface area contributed by atoms with E-state index in [4.69, 9.17) is 39.5 Å². The maximum atomic E-state index is 12.8. The molecular weight excluding hydrogens is 658 g/mol. The van der Waals surface area contributed by atoms with E-state index in [1.807, 2.05) is 24.3 Å². The molecule has 1 aliphatic heterocycles. The van der Waals surface area contributed by atoms with Crippen LogP contribution in [0.2, 0.25) is 15.1 Å². The maximum Gasteiger partial charge on any atom is 0.294 e. The third kappa shape index (κ3) is 6.54. The Bertz CT molecular complexity index is 1360. The van der Waals surface area contributed by atoms with Gasteiger partial charge in [0.05, 0.1) is 25.7 Å². The van der Waals surface area contributed by atoms with E-state index in [1.54, 1.807) is 36.4 Å². The number of anilines is 1. The summed E-state index contributed by atoms with van der Waals surface area (Å²) in [5.74, 6) is -0.823. The summed E-state index contributed by atoms with van der Waals surface area (Å²) in [7, 11) is 0. The van der Waals surface area contributed by atoms with E-state index < -0.39 is 23.6 Å². The summed E-state index contributed by atoms with van der Waals surface area (Å²) in [5.41, 5.74) is 1.86. The number of para-hydroxylation sites is 1. The molecule has 0 aliphatic carbocycles. The van der Waals surface area contributed by atoms with Crippen molar-refractivity contribution >= 4 is 98.0 Å². The van der Waals surface area contributed by atoms with Gasteiger partial charge in [0.1, 0.15) is 13.2 Å². The minimum absolute atomic E-state index is 0.144. The van der Waals surface area contributed by atoms with Gasteiger partial charge in [-0.3, -0.25) is 19.3 Å². The van der Waals surface area contributed by atoms with Crippen LogP contribution in [0, 0.1) is 3.57 Å². The van der Waals surface area contributed by atoms with Crippen LogP contribution in [-0.2, 0) is 16.2 Å². The molecule has 4 rings (SSSR count). The van der Waals surface area contributed by atoms with Crippen LogP contribution >= 0.6 is 69.2 Å². The molecule has 0 saturated carbocycles. The summed E-state index contributed by atoms with van der Waals surface area (Å²) < 4.78 is 6.91. The second kappa shape index (κ2) is 11.9. The fraction of sp³-hybridized carbons (Fsp3) is 0.0800. The van der Waals surface area contributed by atoms with Crippen LogP contribution in [0.4, 0.5) is 10.5 Å². The average molecular weight is 674 g/mol. The molecule has 0 spiro atoms. The van der Waals surface area contributed by atoms with Gasteiger partial charge in [-0.2, -0.15) is 0 Å². The Morgan fingerprint density at radius 1 is 1.00 bits per heavy atom. The predicted molar refractivity (Wildman–Crippen MR) is 153 cm³/mol. The summed E-state index contributed by atoms with van der Waals surface area (Å²) in [6.45, 7) is -0.162. The molecule has 6 nitrogen and oxygen atoms in total. The van der Waals surface area contributed by atoms with Crippen LogP contribution < -0.4 is 10.1 Å². The molecule has 36 heavy (non-hydrogen) atoms. The van der Waals surface area contributed by atoms with Gasteiger partial charge in [0.15, 0.2) is 5.75 Å². The summed E-state index contributed by atoms with van der Waals surface area (Å²) in [6.07, 6.45) is 1.50. The van der Waals surface area contributed by atoms with Crippen molar-refractivity contribution in [3.63, 3.8) is 0 Å². The largest absolute Gasteiger partial charge is 0.486 e. The number of halogens is 4. The Hall–Kier alpha value is -2.24. The van der Waals surface area contributed by atoms with Crippen LogP contribution in [-0.4, -0.2) is 28.5 Å². The Balaban J connectivity index is 1.44. The van der Waals surface area contributed by atoms with Gasteiger partial charge in [-0.05, 0) is 88.0 Å². The Morgan fingerprint density at radius 2 is 1.67 bits per heavy atom. The number of ether oxygens (including phenoxy) is 1. The van der Waals surface area contributed by atoms with Gasteiger partial charge in [-0.25, -0.2) is 0 Å². The number of benzene rings is 3. The van der Waals surface area contributed by atoms with Crippen molar-refractivity contribution in [3.8, 4) is 5.75 Å². The first-order chi connectivity index (χ1) is 17.2. The minimum atomic E-state index is -0.592. The average Bonchev–Trinajstić information content (AvgIpc) is 3.08. The van der Waals surface area contributed by atoms with Crippen molar-refractivity contribution in [2.45, 2.75) is 6.61 Å². The highest BCUT2D eigenvalue weighted by molar-refractivity contribution is 14.1. The van der Waals surface area contributed by atoms with Crippen LogP contribution in [0.1, 0.15) is 11.1 Å². The van der Waals surface area contributed by atoms with Crippen LogP contribution in [0.5, 0.6) is 5.75 Å². The molecule has 3 aromatic rings. The molecule has 0 radical (unpaired) electrons. The first-order valence-corrected chi connectivity index (χ1v) is 13.4. The van der Waals surface area contributed by atoms with Crippen molar-refractivity contribution in [2.75, 3.05) is 11.9 Å². The van der Waals surface area contributed by atoms with Crippen molar-refractivity contribution in [2.24, 2.45) is 0 Å². The van der Waals surface area contributed by atoms with Gasteiger partial charge >= 0.3 is 0 Å². The molecule has 0 atom stereocenters. The topological polar surface area (TPSA) is 75.7 Å². The summed E-state index contributed by atoms with van der Waals surface area (Å²) in [6, 6.07) is 17.7. The summed E-state index contributed by atoms with van der Waals surface area (Å²) >= 11 is 21.8. The van der Waals surface area contributed by atoms with Crippen molar-refractivity contribution in [1.82, 2.24) is 4.90 Å². The third-order valence-electron chi connectivity index (χ3n) is 4.94. The quantitative estimate of drug-likeness (QED) is 0.208. The molecule has 0 bridgehead atoms. The molecule has 1 aliphatic rings. The monoisotopic (exact) mass is 672 g/mol. The number of nitrogens with one attached hydrogen (secondary N) is 1. The lowest BCUT2D eigenvalue weighted by Gasteiger charge is -2.13. The van der Waals surface area contributed by atoms with E-state index in [9.17, 15) is 14.4 Å². The fourth-order valence-corrected chi connectivity index (χ4v) is 5.21. The summed E-state index contributed by atoms with van der Waals surface area (Å²) in [5, 5.41) is 2.91. The maximum absolute atomic E-state index is 12.8. The lowest BCUT2D eigenvalue weighted by molar-refractivity contribution is -0.127. The standard InChI is InChI=1S/C25H16Cl3IN2O4S/c26-17-3-1-2-4-20(17)30-22(32)12-31-24(33)21(36-25(31)34)11-15-9-18(27)23(19(28)10-15)35-13-14-5-7-16(29)8-6-14/h1-11H,12-13H2,(H,30,32)/b21-11+. The van der Waals surface area contributed by atoms with Crippen LogP contribution in [0.3, 0.4) is 0 Å². The number of carbonyl (C=O) groups excluding carboxylic acids is 3. The van der Waals surface area contributed by atoms with E-state index >= 15 is 0 Å². The molecule has 1 fully saturated rings. The number of rotatable bonds is 7. The molecule has 184 valence electrons. The molecule has 1 saturated heterocycles. The molecule has 3 aromatic carbocycles. The second-order valence-corrected chi connectivity index (χ2v) is 11.0. The van der Waals surface area contributed by atoms with Gasteiger partial charge in [0, 0.05) is 3.57 Å². The highest BCUT2D eigenvalue weighted by atomic mass is 127. The SMILES string of the molecule is O=C(CN1C(=O)S/C(=C/c2cc(Cl)c(OCc3ccc(I)cc3)c(Cl)c2)C1=O)Nc1ccccc1Cl. The molecule has 3 amide bonds. The number of hydrogen-bond acceptors (Lipinski definition) is 5. The van der Waals surface area contributed by atoms with E-state index in [0.717, 1.165) is 25.8 Å². The lowest BCUT2D eigenvalue weighted by Crippen LogP contribution is -2.36. The Kier molecular flexibility index (Phi) is 8.84. The number of thioether (sulfide) groups is 1. The number of nitrogens with zero attached hydrogens (tertiary/aromatic N) is 1. The smallest absolute Gasteiger partial charge is 0.294 e. The van der Waals surface area contributed by atoms with Crippen LogP contribution in [0.25, 0.3) is 6.08 Å². The van der Waals surface area contributed by atoms with Crippen LogP contribution in [0.15, 0.2) is 65.6 Å².